The van der Waals surface area contributed by atoms with Crippen molar-refractivity contribution in [3.05, 3.63) is 29.9 Å². The number of nitrogens with zero attached hydrogens (tertiary/aromatic N) is 3. The summed E-state index contributed by atoms with van der Waals surface area (Å²) in [5.74, 6) is 1.44. The third-order valence-corrected chi connectivity index (χ3v) is 2.86. The van der Waals surface area contributed by atoms with Crippen LogP contribution < -0.4 is 4.74 Å². The van der Waals surface area contributed by atoms with E-state index in [2.05, 4.69) is 14.9 Å². The Morgan fingerprint density at radius 3 is 2.94 bits per heavy atom. The summed E-state index contributed by atoms with van der Waals surface area (Å²) in [6, 6.07) is 1.89. The second-order valence-electron chi connectivity index (χ2n) is 4.24. The molecular formula is C13H19N3O2. The van der Waals surface area contributed by atoms with Crippen LogP contribution in [0.25, 0.3) is 0 Å². The fraction of sp³-hybridized carbons (Fsp3) is 0.538. The standard InChI is InChI=1S/C13H19N3O2/c1-3-11(2)18-13-8-12(14-10-15-13)9-16-4-6-17-7-5-16/h3,8,10H,4-7,9H2,1-2H3/b11-3+. The molecule has 1 aromatic heterocycles. The van der Waals surface area contributed by atoms with E-state index in [9.17, 15) is 0 Å². The zero-order chi connectivity index (χ0) is 12.8. The Morgan fingerprint density at radius 1 is 1.44 bits per heavy atom. The van der Waals surface area contributed by atoms with Crippen molar-refractivity contribution in [2.75, 3.05) is 26.3 Å². The zero-order valence-corrected chi connectivity index (χ0v) is 10.9. The molecule has 1 aliphatic heterocycles. The van der Waals surface area contributed by atoms with Crippen LogP contribution in [0.2, 0.25) is 0 Å². The van der Waals surface area contributed by atoms with Gasteiger partial charge in [-0.1, -0.05) is 0 Å². The van der Waals surface area contributed by atoms with E-state index in [0.717, 1.165) is 44.3 Å². The lowest BCUT2D eigenvalue weighted by molar-refractivity contribution is 0.0336. The highest BCUT2D eigenvalue weighted by Crippen LogP contribution is 2.12. The number of ether oxygens (including phenoxy) is 2. The van der Waals surface area contributed by atoms with Crippen LogP contribution in [-0.2, 0) is 11.3 Å². The van der Waals surface area contributed by atoms with E-state index in [1.165, 1.54) is 0 Å². The van der Waals surface area contributed by atoms with Crippen molar-refractivity contribution >= 4 is 0 Å². The van der Waals surface area contributed by atoms with Crippen LogP contribution in [0.1, 0.15) is 19.5 Å². The van der Waals surface area contributed by atoms with Crippen molar-refractivity contribution in [1.29, 1.82) is 0 Å². The molecule has 2 rings (SSSR count). The van der Waals surface area contributed by atoms with Crippen molar-refractivity contribution in [3.8, 4) is 5.88 Å². The molecule has 1 fully saturated rings. The van der Waals surface area contributed by atoms with Gasteiger partial charge in [-0.2, -0.15) is 0 Å². The summed E-state index contributed by atoms with van der Waals surface area (Å²) in [6.07, 6.45) is 3.46. The summed E-state index contributed by atoms with van der Waals surface area (Å²) in [7, 11) is 0. The Balaban J connectivity index is 1.98. The van der Waals surface area contributed by atoms with E-state index in [1.54, 1.807) is 6.33 Å². The fourth-order valence-corrected chi connectivity index (χ4v) is 1.73. The van der Waals surface area contributed by atoms with Gasteiger partial charge in [0.1, 0.15) is 6.33 Å². The van der Waals surface area contributed by atoms with E-state index in [-0.39, 0.29) is 0 Å². The molecule has 98 valence electrons. The lowest BCUT2D eigenvalue weighted by Gasteiger charge is -2.26. The molecule has 2 heterocycles. The van der Waals surface area contributed by atoms with Crippen LogP contribution >= 0.6 is 0 Å². The van der Waals surface area contributed by atoms with Crippen LogP contribution in [0.4, 0.5) is 0 Å². The molecule has 0 N–H and O–H groups in total. The van der Waals surface area contributed by atoms with E-state index in [1.807, 2.05) is 26.0 Å². The Labute approximate surface area is 107 Å². The molecule has 0 spiro atoms. The monoisotopic (exact) mass is 249 g/mol. The van der Waals surface area contributed by atoms with Gasteiger partial charge >= 0.3 is 0 Å². The number of rotatable bonds is 4. The molecule has 0 radical (unpaired) electrons. The van der Waals surface area contributed by atoms with Gasteiger partial charge in [0.25, 0.3) is 0 Å². The molecular weight excluding hydrogens is 230 g/mol. The Morgan fingerprint density at radius 2 is 2.22 bits per heavy atom. The van der Waals surface area contributed by atoms with Crippen LogP contribution in [-0.4, -0.2) is 41.2 Å². The maximum absolute atomic E-state index is 5.56. The lowest BCUT2D eigenvalue weighted by Crippen LogP contribution is -2.35. The normalized spacial score (nSPS) is 17.8. The number of allylic oxidation sites excluding steroid dienone is 2. The molecule has 0 bridgehead atoms. The fourth-order valence-electron chi connectivity index (χ4n) is 1.73. The molecule has 0 atom stereocenters. The van der Waals surface area contributed by atoms with Crippen molar-refractivity contribution in [2.45, 2.75) is 20.4 Å². The molecule has 1 aliphatic rings. The molecule has 1 saturated heterocycles. The Bertz CT molecular complexity index is 414. The van der Waals surface area contributed by atoms with Gasteiger partial charge in [0, 0.05) is 25.7 Å². The van der Waals surface area contributed by atoms with E-state index in [4.69, 9.17) is 9.47 Å². The predicted molar refractivity (Wildman–Crippen MR) is 68.2 cm³/mol. The zero-order valence-electron chi connectivity index (χ0n) is 10.9. The number of hydrogen-bond donors (Lipinski definition) is 0. The minimum atomic E-state index is 0.601. The number of hydrogen-bond acceptors (Lipinski definition) is 5. The van der Waals surface area contributed by atoms with E-state index < -0.39 is 0 Å². The summed E-state index contributed by atoms with van der Waals surface area (Å²) in [5, 5.41) is 0. The highest BCUT2D eigenvalue weighted by atomic mass is 16.5. The Kier molecular flexibility index (Phi) is 4.66. The SMILES string of the molecule is C/C=C(\C)Oc1cc(CN2CCOCC2)ncn1. The van der Waals surface area contributed by atoms with Crippen LogP contribution in [0.3, 0.4) is 0 Å². The van der Waals surface area contributed by atoms with Gasteiger partial charge in [0.05, 0.1) is 24.7 Å². The summed E-state index contributed by atoms with van der Waals surface area (Å²) in [4.78, 5) is 10.7. The average Bonchev–Trinajstić information content (AvgIpc) is 2.40. The Hall–Kier alpha value is -1.46. The minimum Gasteiger partial charge on any atom is -0.444 e. The first-order valence-corrected chi connectivity index (χ1v) is 6.19. The maximum atomic E-state index is 5.56. The van der Waals surface area contributed by atoms with Crippen LogP contribution in [0.5, 0.6) is 5.88 Å². The van der Waals surface area contributed by atoms with Crippen LogP contribution in [0.15, 0.2) is 24.2 Å². The second-order valence-corrected chi connectivity index (χ2v) is 4.24. The molecule has 18 heavy (non-hydrogen) atoms. The summed E-state index contributed by atoms with van der Waals surface area (Å²) < 4.78 is 10.9. The molecule has 0 amide bonds. The third kappa shape index (κ3) is 3.78. The average molecular weight is 249 g/mol. The molecule has 0 saturated carbocycles. The van der Waals surface area contributed by atoms with Gasteiger partial charge in [-0.25, -0.2) is 9.97 Å². The molecule has 0 aromatic carbocycles. The topological polar surface area (TPSA) is 47.5 Å². The summed E-state index contributed by atoms with van der Waals surface area (Å²) >= 11 is 0. The maximum Gasteiger partial charge on any atom is 0.222 e. The molecule has 5 heteroatoms. The first kappa shape index (κ1) is 13.0. The smallest absolute Gasteiger partial charge is 0.222 e. The number of morpholine rings is 1. The second kappa shape index (κ2) is 6.47. The van der Waals surface area contributed by atoms with Gasteiger partial charge in [0.2, 0.25) is 5.88 Å². The van der Waals surface area contributed by atoms with Gasteiger partial charge in [-0.15, -0.1) is 0 Å². The quantitative estimate of drug-likeness (QED) is 0.759. The van der Waals surface area contributed by atoms with Crippen molar-refractivity contribution in [1.82, 2.24) is 14.9 Å². The van der Waals surface area contributed by atoms with Gasteiger partial charge < -0.3 is 9.47 Å². The summed E-state index contributed by atoms with van der Waals surface area (Å²) in [5.41, 5.74) is 0.978. The van der Waals surface area contributed by atoms with Crippen molar-refractivity contribution in [3.63, 3.8) is 0 Å². The van der Waals surface area contributed by atoms with Gasteiger partial charge in [-0.3, -0.25) is 4.90 Å². The van der Waals surface area contributed by atoms with E-state index in [0.29, 0.717) is 5.88 Å². The first-order chi connectivity index (χ1) is 8.78. The molecule has 0 unspecified atom stereocenters. The third-order valence-electron chi connectivity index (χ3n) is 2.86. The van der Waals surface area contributed by atoms with Crippen molar-refractivity contribution < 1.29 is 9.47 Å². The largest absolute Gasteiger partial charge is 0.444 e. The van der Waals surface area contributed by atoms with Crippen LogP contribution in [0, 0.1) is 0 Å². The van der Waals surface area contributed by atoms with Gasteiger partial charge in [0.15, 0.2) is 0 Å². The minimum absolute atomic E-state index is 0.601. The molecule has 0 aliphatic carbocycles. The first-order valence-electron chi connectivity index (χ1n) is 6.19. The molecule has 5 nitrogen and oxygen atoms in total. The number of aromatic nitrogens is 2. The summed E-state index contributed by atoms with van der Waals surface area (Å²) in [6.45, 7) is 8.16. The lowest BCUT2D eigenvalue weighted by atomic mass is 10.3. The van der Waals surface area contributed by atoms with Crippen molar-refractivity contribution in [2.24, 2.45) is 0 Å². The van der Waals surface area contributed by atoms with E-state index >= 15 is 0 Å². The highest BCUT2D eigenvalue weighted by molar-refractivity contribution is 5.15. The van der Waals surface area contributed by atoms with Gasteiger partial charge in [-0.05, 0) is 19.9 Å². The highest BCUT2D eigenvalue weighted by Gasteiger charge is 2.12. The molecule has 1 aromatic rings. The predicted octanol–water partition coefficient (Wildman–Crippen LogP) is 1.61.